The summed E-state index contributed by atoms with van der Waals surface area (Å²) in [5, 5.41) is 22.8. The fraction of sp³-hybridized carbons (Fsp3) is 0. The Kier molecular flexibility index (Phi) is 4.95. The number of hydrogen-bond acceptors (Lipinski definition) is 5. The third-order valence-electron chi connectivity index (χ3n) is 3.58. The highest BCUT2D eigenvalue weighted by molar-refractivity contribution is 5.60. The predicted molar refractivity (Wildman–Crippen MR) is 94.0 cm³/mol. The predicted octanol–water partition coefficient (Wildman–Crippen LogP) is 5.28. The summed E-state index contributed by atoms with van der Waals surface area (Å²) in [5.74, 6) is -1.17. The van der Waals surface area contributed by atoms with Crippen LogP contribution in [0, 0.1) is 33.1 Å². The number of nitro benzene ring substituents is 1. The molecule has 0 spiro atoms. The number of rotatable bonds is 5. The van der Waals surface area contributed by atoms with Crippen molar-refractivity contribution in [2.24, 2.45) is 0 Å². The third-order valence-corrected chi connectivity index (χ3v) is 3.58. The van der Waals surface area contributed by atoms with Gasteiger partial charge in [-0.3, -0.25) is 10.1 Å². The van der Waals surface area contributed by atoms with Gasteiger partial charge in [0.2, 0.25) is 0 Å². The van der Waals surface area contributed by atoms with E-state index >= 15 is 0 Å². The molecule has 3 aromatic carbocycles. The van der Waals surface area contributed by atoms with E-state index in [-0.39, 0.29) is 17.0 Å². The lowest BCUT2D eigenvalue weighted by Gasteiger charge is -2.09. The van der Waals surface area contributed by atoms with Gasteiger partial charge in [-0.25, -0.2) is 8.78 Å². The summed E-state index contributed by atoms with van der Waals surface area (Å²) < 4.78 is 31.8. The summed E-state index contributed by atoms with van der Waals surface area (Å²) in [4.78, 5) is 10.2. The van der Waals surface area contributed by atoms with E-state index in [0.717, 1.165) is 12.1 Å². The highest BCUT2D eigenvalue weighted by atomic mass is 19.2. The molecule has 0 amide bonds. The Morgan fingerprint density at radius 1 is 0.926 bits per heavy atom. The average molecular weight is 367 g/mol. The summed E-state index contributed by atoms with van der Waals surface area (Å²) in [5.41, 5.74) is 0.608. The monoisotopic (exact) mass is 367 g/mol. The molecule has 6 nitrogen and oxygen atoms in total. The molecule has 0 fully saturated rings. The van der Waals surface area contributed by atoms with Crippen molar-refractivity contribution in [1.82, 2.24) is 0 Å². The van der Waals surface area contributed by atoms with Gasteiger partial charge in [-0.15, -0.1) is 0 Å². The van der Waals surface area contributed by atoms with E-state index in [1.165, 1.54) is 24.3 Å². The van der Waals surface area contributed by atoms with Crippen LogP contribution >= 0.6 is 0 Å². The van der Waals surface area contributed by atoms with E-state index in [9.17, 15) is 18.9 Å². The van der Waals surface area contributed by atoms with Crippen molar-refractivity contribution in [3.05, 3.63) is 88.0 Å². The fourth-order valence-electron chi connectivity index (χ4n) is 2.31. The number of halogens is 2. The summed E-state index contributed by atoms with van der Waals surface area (Å²) in [6, 6.07) is 15.7. The van der Waals surface area contributed by atoms with Crippen molar-refractivity contribution in [3.63, 3.8) is 0 Å². The first kappa shape index (κ1) is 17.8. The second-order valence-electron chi connectivity index (χ2n) is 5.43. The van der Waals surface area contributed by atoms with Gasteiger partial charge in [0.15, 0.2) is 11.6 Å². The topological polar surface area (TPSA) is 88.2 Å². The van der Waals surface area contributed by atoms with Gasteiger partial charge < -0.3 is 10.1 Å². The second kappa shape index (κ2) is 7.49. The van der Waals surface area contributed by atoms with Crippen LogP contribution in [0.1, 0.15) is 5.56 Å². The molecule has 0 unspecified atom stereocenters. The van der Waals surface area contributed by atoms with E-state index < -0.39 is 16.6 Å². The lowest BCUT2D eigenvalue weighted by molar-refractivity contribution is -0.385. The Labute approximate surface area is 152 Å². The molecule has 0 bridgehead atoms. The molecule has 0 aromatic heterocycles. The zero-order valence-electron chi connectivity index (χ0n) is 13.6. The highest BCUT2D eigenvalue weighted by Crippen LogP contribution is 2.28. The molecule has 0 aliphatic carbocycles. The molecule has 0 atom stereocenters. The number of nitrogens with zero attached hydrogens (tertiary/aromatic N) is 2. The van der Waals surface area contributed by atoms with E-state index in [1.54, 1.807) is 30.3 Å². The minimum absolute atomic E-state index is 0.103. The molecule has 0 radical (unpaired) electrons. The maximum atomic E-state index is 13.2. The first-order valence-corrected chi connectivity index (χ1v) is 7.65. The molecule has 0 aliphatic rings. The van der Waals surface area contributed by atoms with Crippen LogP contribution in [0.15, 0.2) is 60.7 Å². The quantitative estimate of drug-likeness (QED) is 0.489. The van der Waals surface area contributed by atoms with Crippen molar-refractivity contribution in [1.29, 1.82) is 5.26 Å². The summed E-state index contributed by atoms with van der Waals surface area (Å²) >= 11 is 0. The van der Waals surface area contributed by atoms with Crippen LogP contribution in [0.2, 0.25) is 0 Å². The van der Waals surface area contributed by atoms with Crippen molar-refractivity contribution >= 4 is 17.1 Å². The molecular formula is C19H11F2N3O3. The van der Waals surface area contributed by atoms with E-state index in [1.807, 2.05) is 0 Å². The number of nitrogens with one attached hydrogen (secondary N) is 1. The minimum Gasteiger partial charge on any atom is -0.457 e. The lowest BCUT2D eigenvalue weighted by atomic mass is 10.2. The third kappa shape index (κ3) is 4.16. The molecule has 0 aliphatic heterocycles. The zero-order chi connectivity index (χ0) is 19.4. The maximum absolute atomic E-state index is 13.2. The molecule has 3 aromatic rings. The molecular weight excluding hydrogens is 356 g/mol. The lowest BCUT2D eigenvalue weighted by Crippen LogP contribution is -1.94. The van der Waals surface area contributed by atoms with Gasteiger partial charge in [-0.05, 0) is 42.5 Å². The number of benzene rings is 3. The van der Waals surface area contributed by atoms with Crippen molar-refractivity contribution in [2.45, 2.75) is 0 Å². The van der Waals surface area contributed by atoms with Gasteiger partial charge in [0.25, 0.3) is 5.69 Å². The van der Waals surface area contributed by atoms with E-state index in [0.29, 0.717) is 17.1 Å². The maximum Gasteiger partial charge on any atom is 0.287 e. The normalized spacial score (nSPS) is 10.1. The summed E-state index contributed by atoms with van der Waals surface area (Å²) in [6.07, 6.45) is 0. The van der Waals surface area contributed by atoms with E-state index in [4.69, 9.17) is 10.00 Å². The molecule has 3 rings (SSSR count). The molecule has 1 N–H and O–H groups in total. The fourth-order valence-corrected chi connectivity index (χ4v) is 2.31. The largest absolute Gasteiger partial charge is 0.457 e. The van der Waals surface area contributed by atoms with Crippen LogP contribution in [0.25, 0.3) is 0 Å². The van der Waals surface area contributed by atoms with Gasteiger partial charge in [0.05, 0.1) is 4.92 Å². The molecule has 27 heavy (non-hydrogen) atoms. The Bertz CT molecular complexity index is 1050. The first-order valence-electron chi connectivity index (χ1n) is 7.65. The van der Waals surface area contributed by atoms with E-state index in [2.05, 4.69) is 5.32 Å². The van der Waals surface area contributed by atoms with Gasteiger partial charge >= 0.3 is 0 Å². The number of nitriles is 1. The Balaban J connectivity index is 1.73. The number of ether oxygens (including phenoxy) is 1. The van der Waals surface area contributed by atoms with Crippen molar-refractivity contribution in [2.75, 3.05) is 5.32 Å². The van der Waals surface area contributed by atoms with Crippen molar-refractivity contribution < 1.29 is 18.4 Å². The van der Waals surface area contributed by atoms with Crippen LogP contribution < -0.4 is 10.1 Å². The first-order chi connectivity index (χ1) is 13.0. The molecule has 8 heteroatoms. The van der Waals surface area contributed by atoms with Crippen LogP contribution in [0.5, 0.6) is 11.5 Å². The van der Waals surface area contributed by atoms with Gasteiger partial charge in [-0.1, -0.05) is 0 Å². The smallest absolute Gasteiger partial charge is 0.287 e. The Morgan fingerprint density at radius 3 is 2.22 bits per heavy atom. The molecule has 134 valence electrons. The zero-order valence-corrected chi connectivity index (χ0v) is 13.6. The molecule has 0 heterocycles. The van der Waals surface area contributed by atoms with Gasteiger partial charge in [-0.2, -0.15) is 5.26 Å². The highest BCUT2D eigenvalue weighted by Gasteiger charge is 2.14. The standard InChI is InChI=1S/C19H11F2N3O3/c20-17-7-3-14(10-18(17)21)23-13-1-4-15(5-2-13)27-16-6-8-19(24(25)26)12(9-16)11-22/h1-10,23H. The van der Waals surface area contributed by atoms with Gasteiger partial charge in [0.1, 0.15) is 23.1 Å². The minimum atomic E-state index is -0.952. The van der Waals surface area contributed by atoms with Crippen LogP contribution in [-0.4, -0.2) is 4.92 Å². The molecule has 0 saturated heterocycles. The number of hydrogen-bond donors (Lipinski definition) is 1. The summed E-state index contributed by atoms with van der Waals surface area (Å²) in [6.45, 7) is 0. The van der Waals surface area contributed by atoms with Crippen molar-refractivity contribution in [3.8, 4) is 17.6 Å². The SMILES string of the molecule is N#Cc1cc(Oc2ccc(Nc3ccc(F)c(F)c3)cc2)ccc1[N+](=O)[O-]. The Hall–Kier alpha value is -3.99. The molecule has 0 saturated carbocycles. The van der Waals surface area contributed by atoms with Crippen LogP contribution in [0.3, 0.4) is 0 Å². The Morgan fingerprint density at radius 2 is 1.59 bits per heavy atom. The van der Waals surface area contributed by atoms with Crippen LogP contribution in [-0.2, 0) is 0 Å². The summed E-state index contributed by atoms with van der Waals surface area (Å²) in [7, 11) is 0. The average Bonchev–Trinajstić information content (AvgIpc) is 2.66. The second-order valence-corrected chi connectivity index (χ2v) is 5.43. The van der Waals surface area contributed by atoms with Crippen LogP contribution in [0.4, 0.5) is 25.8 Å². The van der Waals surface area contributed by atoms with Gasteiger partial charge in [0, 0.05) is 29.6 Å². The number of anilines is 2. The number of nitro groups is 1.